The molecule has 4 heteroatoms. The highest BCUT2D eigenvalue weighted by Crippen LogP contribution is 2.41. The number of piperidine rings is 1. The van der Waals surface area contributed by atoms with Gasteiger partial charge in [-0.1, -0.05) is 60.7 Å². The van der Waals surface area contributed by atoms with E-state index >= 15 is 0 Å². The smallest absolute Gasteiger partial charge is 0.313 e. The molecule has 2 aromatic rings. The van der Waals surface area contributed by atoms with Crippen molar-refractivity contribution in [1.29, 1.82) is 0 Å². The molecule has 4 nitrogen and oxygen atoms in total. The van der Waals surface area contributed by atoms with Crippen molar-refractivity contribution in [3.05, 3.63) is 71.8 Å². The van der Waals surface area contributed by atoms with Gasteiger partial charge in [0, 0.05) is 5.41 Å². The van der Waals surface area contributed by atoms with Crippen LogP contribution >= 0.6 is 0 Å². The molecule has 1 saturated heterocycles. The highest BCUT2D eigenvalue weighted by Gasteiger charge is 2.37. The van der Waals surface area contributed by atoms with E-state index in [-0.39, 0.29) is 17.6 Å². The van der Waals surface area contributed by atoms with Crippen LogP contribution in [0, 0.1) is 0 Å². The van der Waals surface area contributed by atoms with E-state index in [2.05, 4.69) is 65.6 Å². The van der Waals surface area contributed by atoms with E-state index in [1.807, 2.05) is 0 Å². The van der Waals surface area contributed by atoms with Gasteiger partial charge in [-0.15, -0.1) is 0 Å². The predicted octanol–water partition coefficient (Wildman–Crippen LogP) is 4.37. The number of hydrogen-bond acceptors (Lipinski definition) is 4. The molecule has 1 aliphatic heterocycles. The molecule has 0 atom stereocenters. The summed E-state index contributed by atoms with van der Waals surface area (Å²) in [7, 11) is 0. The van der Waals surface area contributed by atoms with Crippen LogP contribution in [0.25, 0.3) is 0 Å². The van der Waals surface area contributed by atoms with Gasteiger partial charge >= 0.3 is 5.97 Å². The molecule has 0 unspecified atom stereocenters. The zero-order valence-electron chi connectivity index (χ0n) is 17.3. The number of ether oxygens (including phenoxy) is 1. The molecule has 0 bridgehead atoms. The Kier molecular flexibility index (Phi) is 7.59. The van der Waals surface area contributed by atoms with Crippen LogP contribution in [0.15, 0.2) is 60.7 Å². The van der Waals surface area contributed by atoms with Crippen molar-refractivity contribution < 1.29 is 14.3 Å². The fourth-order valence-corrected chi connectivity index (χ4v) is 4.29. The van der Waals surface area contributed by atoms with Gasteiger partial charge in [-0.25, -0.2) is 0 Å². The first kappa shape index (κ1) is 21.3. The second-order valence-corrected chi connectivity index (χ2v) is 7.96. The van der Waals surface area contributed by atoms with E-state index in [1.54, 1.807) is 0 Å². The van der Waals surface area contributed by atoms with Crippen LogP contribution in [0.2, 0.25) is 0 Å². The summed E-state index contributed by atoms with van der Waals surface area (Å²) in [5, 5.41) is 0. The highest BCUT2D eigenvalue weighted by atomic mass is 16.5. The van der Waals surface area contributed by atoms with Crippen molar-refractivity contribution in [1.82, 2.24) is 4.90 Å². The van der Waals surface area contributed by atoms with Crippen LogP contribution in [0.4, 0.5) is 0 Å². The summed E-state index contributed by atoms with van der Waals surface area (Å²) in [6.07, 6.45) is 3.93. The zero-order chi connectivity index (χ0) is 20.5. The molecule has 0 amide bonds. The van der Waals surface area contributed by atoms with Crippen molar-refractivity contribution >= 4 is 11.8 Å². The Hall–Kier alpha value is -2.46. The van der Waals surface area contributed by atoms with Crippen molar-refractivity contribution in [2.24, 2.45) is 0 Å². The molecule has 0 radical (unpaired) electrons. The van der Waals surface area contributed by atoms with E-state index in [9.17, 15) is 9.59 Å². The fraction of sp³-hybridized carbons (Fsp3) is 0.440. The molecule has 0 aromatic heterocycles. The van der Waals surface area contributed by atoms with E-state index in [4.69, 9.17) is 4.74 Å². The number of unbranched alkanes of at least 4 members (excludes halogenated alkanes) is 1. The van der Waals surface area contributed by atoms with E-state index in [0.717, 1.165) is 45.3 Å². The standard InChI is InChI=1S/C25H31NO3/c1-21(27)20-24(28)29-19-9-8-16-26-17-14-25(15-18-26,22-10-4-2-5-11-22)23-12-6-3-7-13-23/h2-7,10-13H,8-9,14-20H2,1H3. The Morgan fingerprint density at radius 2 is 1.45 bits per heavy atom. The molecule has 0 N–H and O–H groups in total. The van der Waals surface area contributed by atoms with Crippen LogP contribution in [0.5, 0.6) is 0 Å². The lowest BCUT2D eigenvalue weighted by molar-refractivity contribution is -0.145. The predicted molar refractivity (Wildman–Crippen MR) is 115 cm³/mol. The number of esters is 1. The molecule has 3 rings (SSSR count). The lowest BCUT2D eigenvalue weighted by atomic mass is 9.68. The minimum Gasteiger partial charge on any atom is -0.465 e. The van der Waals surface area contributed by atoms with E-state index < -0.39 is 5.97 Å². The summed E-state index contributed by atoms with van der Waals surface area (Å²) in [4.78, 5) is 24.8. The van der Waals surface area contributed by atoms with Crippen molar-refractivity contribution in [3.8, 4) is 0 Å². The number of benzene rings is 2. The van der Waals surface area contributed by atoms with Crippen LogP contribution in [0.3, 0.4) is 0 Å². The average molecular weight is 394 g/mol. The number of hydrogen-bond donors (Lipinski definition) is 0. The number of ketones is 1. The topological polar surface area (TPSA) is 46.6 Å². The maximum atomic E-state index is 11.4. The van der Waals surface area contributed by atoms with Gasteiger partial charge in [-0.2, -0.15) is 0 Å². The van der Waals surface area contributed by atoms with Gasteiger partial charge in [0.15, 0.2) is 0 Å². The molecule has 1 heterocycles. The summed E-state index contributed by atoms with van der Waals surface area (Å²) in [6.45, 7) is 4.95. The lowest BCUT2D eigenvalue weighted by Gasteiger charge is -2.43. The van der Waals surface area contributed by atoms with Crippen LogP contribution in [0.1, 0.15) is 50.2 Å². The summed E-state index contributed by atoms with van der Waals surface area (Å²) in [5.41, 5.74) is 2.90. The number of carbonyl (C=O) groups is 2. The number of rotatable bonds is 9. The molecule has 0 saturated carbocycles. The third kappa shape index (κ3) is 5.77. The minimum absolute atomic E-state index is 0.0846. The quantitative estimate of drug-likeness (QED) is 0.361. The van der Waals surface area contributed by atoms with Crippen molar-refractivity contribution in [2.75, 3.05) is 26.2 Å². The third-order valence-electron chi connectivity index (χ3n) is 5.89. The Morgan fingerprint density at radius 3 is 1.97 bits per heavy atom. The van der Waals surface area contributed by atoms with E-state index in [1.165, 1.54) is 18.1 Å². The van der Waals surface area contributed by atoms with Crippen molar-refractivity contribution in [3.63, 3.8) is 0 Å². The molecule has 154 valence electrons. The Morgan fingerprint density at radius 1 is 0.897 bits per heavy atom. The SMILES string of the molecule is CC(=O)CC(=O)OCCCCN1CCC(c2ccccc2)(c2ccccc2)CC1. The number of Topliss-reactive ketones (excluding diaryl/α,β-unsaturated/α-hetero) is 1. The average Bonchev–Trinajstić information content (AvgIpc) is 2.75. The second kappa shape index (κ2) is 10.4. The van der Waals surface area contributed by atoms with Crippen LogP contribution in [-0.4, -0.2) is 42.9 Å². The second-order valence-electron chi connectivity index (χ2n) is 7.96. The third-order valence-corrected chi connectivity index (χ3v) is 5.89. The molecule has 1 fully saturated rings. The molecular formula is C25H31NO3. The Labute approximate surface area is 173 Å². The molecular weight excluding hydrogens is 362 g/mol. The number of likely N-dealkylation sites (tertiary alicyclic amines) is 1. The van der Waals surface area contributed by atoms with Gasteiger partial charge in [-0.3, -0.25) is 9.59 Å². The molecule has 0 spiro atoms. The summed E-state index contributed by atoms with van der Waals surface area (Å²) in [5.74, 6) is -0.561. The molecule has 0 aliphatic carbocycles. The first-order valence-electron chi connectivity index (χ1n) is 10.6. The number of nitrogens with zero attached hydrogens (tertiary/aromatic N) is 1. The zero-order valence-corrected chi connectivity index (χ0v) is 17.3. The summed E-state index contributed by atoms with van der Waals surface area (Å²) < 4.78 is 5.11. The highest BCUT2D eigenvalue weighted by molar-refractivity contribution is 5.94. The summed E-state index contributed by atoms with van der Waals surface area (Å²) in [6, 6.07) is 21.8. The monoisotopic (exact) mass is 393 g/mol. The van der Waals surface area contributed by atoms with Gasteiger partial charge in [0.05, 0.1) is 6.61 Å². The van der Waals surface area contributed by atoms with Crippen LogP contribution < -0.4 is 0 Å². The van der Waals surface area contributed by atoms with Gasteiger partial charge in [0.2, 0.25) is 0 Å². The van der Waals surface area contributed by atoms with Crippen molar-refractivity contribution in [2.45, 2.75) is 44.4 Å². The Balaban J connectivity index is 1.51. The first-order chi connectivity index (χ1) is 14.1. The maximum Gasteiger partial charge on any atom is 0.313 e. The molecule has 1 aliphatic rings. The van der Waals surface area contributed by atoms with Gasteiger partial charge in [-0.05, 0) is 63.4 Å². The lowest BCUT2D eigenvalue weighted by Crippen LogP contribution is -2.43. The molecule has 2 aromatic carbocycles. The minimum atomic E-state index is -0.411. The van der Waals surface area contributed by atoms with Gasteiger partial charge in [0.1, 0.15) is 12.2 Å². The van der Waals surface area contributed by atoms with Gasteiger partial charge in [0.25, 0.3) is 0 Å². The normalized spacial score (nSPS) is 16.3. The first-order valence-corrected chi connectivity index (χ1v) is 10.6. The number of carbonyl (C=O) groups excluding carboxylic acids is 2. The summed E-state index contributed by atoms with van der Waals surface area (Å²) >= 11 is 0. The molecule has 29 heavy (non-hydrogen) atoms. The fourth-order valence-electron chi connectivity index (χ4n) is 4.29. The largest absolute Gasteiger partial charge is 0.465 e. The van der Waals surface area contributed by atoms with Crippen LogP contribution in [-0.2, 0) is 19.7 Å². The van der Waals surface area contributed by atoms with E-state index in [0.29, 0.717) is 6.61 Å². The Bertz CT molecular complexity index is 739. The van der Waals surface area contributed by atoms with Gasteiger partial charge < -0.3 is 9.64 Å². The maximum absolute atomic E-state index is 11.4.